The molecule has 1 saturated carbocycles. The molecule has 0 bridgehead atoms. The number of hydrogen-bond donors (Lipinski definition) is 3. The number of nitrogens with two attached hydrogens (primary N) is 1. The zero-order valence-electron chi connectivity index (χ0n) is 16.3. The highest BCUT2D eigenvalue weighted by molar-refractivity contribution is 14.0. The summed E-state index contributed by atoms with van der Waals surface area (Å²) in [6.45, 7) is 0.527. The minimum absolute atomic E-state index is 0. The molecule has 158 valence electrons. The maximum Gasteiger partial charge on any atom is 0.241 e. The fourth-order valence-electron chi connectivity index (χ4n) is 2.87. The van der Waals surface area contributed by atoms with Gasteiger partial charge in [0.05, 0.1) is 18.0 Å². The maximum absolute atomic E-state index is 11.9. The van der Waals surface area contributed by atoms with Gasteiger partial charge in [-0.25, -0.2) is 18.5 Å². The van der Waals surface area contributed by atoms with E-state index in [0.717, 1.165) is 18.4 Å². The number of amides is 1. The number of likely N-dealkylation sites (N-methyl/N-ethyl adjacent to an activating group) is 1. The molecule has 1 aromatic rings. The summed E-state index contributed by atoms with van der Waals surface area (Å²) in [6, 6.07) is 6.66. The molecular formula is C18H30IN5O3S. The first kappa shape index (κ1) is 24.6. The lowest BCUT2D eigenvalue weighted by atomic mass is 9.96. The van der Waals surface area contributed by atoms with Crippen LogP contribution >= 0.6 is 24.0 Å². The van der Waals surface area contributed by atoms with Crippen molar-refractivity contribution in [3.63, 3.8) is 0 Å². The number of halogens is 1. The zero-order valence-corrected chi connectivity index (χ0v) is 19.5. The molecule has 1 aliphatic carbocycles. The number of nitrogens with zero attached hydrogens (tertiary/aromatic N) is 2. The molecule has 0 saturated heterocycles. The van der Waals surface area contributed by atoms with Gasteiger partial charge in [0, 0.05) is 20.1 Å². The van der Waals surface area contributed by atoms with Gasteiger partial charge < -0.3 is 15.5 Å². The summed E-state index contributed by atoms with van der Waals surface area (Å²) in [5.41, 5.74) is 0.853. The van der Waals surface area contributed by atoms with E-state index in [1.54, 1.807) is 26.2 Å². The van der Waals surface area contributed by atoms with Gasteiger partial charge in [-0.2, -0.15) is 0 Å². The van der Waals surface area contributed by atoms with Crippen molar-refractivity contribution in [2.24, 2.45) is 10.1 Å². The number of primary sulfonamides is 1. The Morgan fingerprint density at radius 3 is 2.32 bits per heavy atom. The average molecular weight is 523 g/mol. The molecule has 10 heteroatoms. The summed E-state index contributed by atoms with van der Waals surface area (Å²) in [5, 5.41) is 11.6. The molecule has 1 aliphatic rings. The second-order valence-corrected chi connectivity index (χ2v) is 8.54. The highest BCUT2D eigenvalue weighted by Gasteiger charge is 2.15. The van der Waals surface area contributed by atoms with Gasteiger partial charge in [0.25, 0.3) is 0 Å². The summed E-state index contributed by atoms with van der Waals surface area (Å²) in [4.78, 5) is 18.0. The third kappa shape index (κ3) is 8.31. The van der Waals surface area contributed by atoms with Crippen LogP contribution in [0.2, 0.25) is 0 Å². The van der Waals surface area contributed by atoms with Gasteiger partial charge in [-0.1, -0.05) is 31.4 Å². The van der Waals surface area contributed by atoms with Crippen LogP contribution in [0.5, 0.6) is 0 Å². The van der Waals surface area contributed by atoms with E-state index in [4.69, 9.17) is 5.14 Å². The second kappa shape index (κ2) is 11.6. The number of carbonyl (C=O) groups excluding carboxylic acids is 1. The lowest BCUT2D eigenvalue weighted by molar-refractivity contribution is -0.127. The Balaban J connectivity index is 0.00000392. The van der Waals surface area contributed by atoms with Gasteiger partial charge >= 0.3 is 0 Å². The number of sulfonamides is 1. The number of benzene rings is 1. The zero-order chi connectivity index (χ0) is 19.9. The largest absolute Gasteiger partial charge is 0.354 e. The van der Waals surface area contributed by atoms with Gasteiger partial charge in [0.15, 0.2) is 5.96 Å². The Morgan fingerprint density at radius 1 is 1.18 bits per heavy atom. The molecule has 0 unspecified atom stereocenters. The lowest BCUT2D eigenvalue weighted by Crippen LogP contribution is -2.47. The summed E-state index contributed by atoms with van der Waals surface area (Å²) in [7, 11) is -0.277. The van der Waals surface area contributed by atoms with E-state index < -0.39 is 10.0 Å². The standard InChI is InChI=1S/C18H29N5O3S.HI/c1-23(2)17(24)13-21-18(22-15-6-4-3-5-7-15)20-12-14-8-10-16(11-9-14)27(19,25)26;/h8-11,15H,3-7,12-13H2,1-2H3,(H2,19,25,26)(H2,20,21,22);1H. The number of guanidine groups is 1. The molecule has 0 spiro atoms. The number of nitrogens with one attached hydrogen (secondary N) is 2. The van der Waals surface area contributed by atoms with Gasteiger partial charge in [-0.05, 0) is 30.5 Å². The first-order valence-electron chi connectivity index (χ1n) is 9.12. The summed E-state index contributed by atoms with van der Waals surface area (Å²) < 4.78 is 22.7. The predicted octanol–water partition coefficient (Wildman–Crippen LogP) is 1.41. The number of rotatable bonds is 6. The van der Waals surface area contributed by atoms with Gasteiger partial charge in [0.2, 0.25) is 15.9 Å². The third-order valence-electron chi connectivity index (χ3n) is 4.52. The monoisotopic (exact) mass is 523 g/mol. The van der Waals surface area contributed by atoms with Crippen LogP contribution in [0, 0.1) is 0 Å². The van der Waals surface area contributed by atoms with Crippen LogP contribution in [0.4, 0.5) is 0 Å². The van der Waals surface area contributed by atoms with E-state index in [0.29, 0.717) is 18.5 Å². The maximum atomic E-state index is 11.9. The molecule has 1 aromatic carbocycles. The molecule has 1 amide bonds. The number of hydrogen-bond acceptors (Lipinski definition) is 4. The van der Waals surface area contributed by atoms with E-state index >= 15 is 0 Å². The smallest absolute Gasteiger partial charge is 0.241 e. The molecule has 8 nitrogen and oxygen atoms in total. The Hall–Kier alpha value is -1.40. The number of carbonyl (C=O) groups is 1. The van der Waals surface area contributed by atoms with Crippen molar-refractivity contribution in [3.8, 4) is 0 Å². The molecule has 4 N–H and O–H groups in total. The summed E-state index contributed by atoms with van der Waals surface area (Å²) in [6.07, 6.45) is 5.82. The molecular weight excluding hydrogens is 493 g/mol. The molecule has 0 radical (unpaired) electrons. The summed E-state index contributed by atoms with van der Waals surface area (Å²) in [5.74, 6) is 0.554. The SMILES string of the molecule is CN(C)C(=O)CNC(=NCc1ccc(S(N)(=O)=O)cc1)NC1CCCCC1.I. The highest BCUT2D eigenvalue weighted by Crippen LogP contribution is 2.17. The fraction of sp³-hybridized carbons (Fsp3) is 0.556. The van der Waals surface area contributed by atoms with Crippen molar-refractivity contribution < 1.29 is 13.2 Å². The molecule has 2 rings (SSSR count). The topological polar surface area (TPSA) is 117 Å². The molecule has 0 aliphatic heterocycles. The Morgan fingerprint density at radius 2 is 1.79 bits per heavy atom. The Kier molecular flexibility index (Phi) is 10.2. The van der Waals surface area contributed by atoms with Gasteiger partial charge in [0.1, 0.15) is 0 Å². The first-order valence-corrected chi connectivity index (χ1v) is 10.7. The molecule has 0 aromatic heterocycles. The van der Waals surface area contributed by atoms with E-state index in [-0.39, 0.29) is 41.3 Å². The first-order chi connectivity index (χ1) is 12.8. The van der Waals surface area contributed by atoms with E-state index in [9.17, 15) is 13.2 Å². The van der Waals surface area contributed by atoms with Crippen LogP contribution in [-0.4, -0.2) is 51.9 Å². The van der Waals surface area contributed by atoms with Crippen LogP contribution in [0.25, 0.3) is 0 Å². The quantitative estimate of drug-likeness (QED) is 0.296. The molecule has 0 heterocycles. The second-order valence-electron chi connectivity index (χ2n) is 6.97. The van der Waals surface area contributed by atoms with Crippen molar-refractivity contribution in [1.82, 2.24) is 15.5 Å². The lowest BCUT2D eigenvalue weighted by Gasteiger charge is -2.25. The minimum Gasteiger partial charge on any atom is -0.354 e. The molecule has 1 fully saturated rings. The third-order valence-corrected chi connectivity index (χ3v) is 5.45. The van der Waals surface area contributed by atoms with Crippen LogP contribution in [0.1, 0.15) is 37.7 Å². The van der Waals surface area contributed by atoms with Crippen molar-refractivity contribution in [2.75, 3.05) is 20.6 Å². The van der Waals surface area contributed by atoms with E-state index in [1.165, 1.54) is 36.3 Å². The number of aliphatic imine (C=N–C) groups is 1. The van der Waals surface area contributed by atoms with Crippen LogP contribution < -0.4 is 15.8 Å². The highest BCUT2D eigenvalue weighted by atomic mass is 127. The van der Waals surface area contributed by atoms with Gasteiger partial charge in [-0.3, -0.25) is 4.79 Å². The normalized spacial score (nSPS) is 15.5. The van der Waals surface area contributed by atoms with Crippen LogP contribution in [0.3, 0.4) is 0 Å². The Labute approximate surface area is 184 Å². The summed E-state index contributed by atoms with van der Waals surface area (Å²) >= 11 is 0. The van der Waals surface area contributed by atoms with Crippen molar-refractivity contribution in [2.45, 2.75) is 49.6 Å². The van der Waals surface area contributed by atoms with E-state index in [2.05, 4.69) is 15.6 Å². The van der Waals surface area contributed by atoms with Crippen molar-refractivity contribution >= 4 is 45.9 Å². The molecule has 28 heavy (non-hydrogen) atoms. The minimum atomic E-state index is -3.70. The predicted molar refractivity (Wildman–Crippen MR) is 121 cm³/mol. The van der Waals surface area contributed by atoms with Crippen LogP contribution in [-0.2, 0) is 21.4 Å². The Bertz CT molecular complexity index is 760. The van der Waals surface area contributed by atoms with Crippen molar-refractivity contribution in [1.29, 1.82) is 0 Å². The average Bonchev–Trinajstić information content (AvgIpc) is 2.64. The van der Waals surface area contributed by atoms with Crippen LogP contribution in [0.15, 0.2) is 34.2 Å². The molecule has 0 atom stereocenters. The fourth-order valence-corrected chi connectivity index (χ4v) is 3.38. The van der Waals surface area contributed by atoms with Gasteiger partial charge in [-0.15, -0.1) is 24.0 Å². The van der Waals surface area contributed by atoms with E-state index in [1.807, 2.05) is 0 Å². The van der Waals surface area contributed by atoms with Crippen molar-refractivity contribution in [3.05, 3.63) is 29.8 Å².